The van der Waals surface area contributed by atoms with Crippen LogP contribution >= 0.6 is 11.3 Å². The van der Waals surface area contributed by atoms with E-state index in [1.165, 1.54) is 11.3 Å². The Labute approximate surface area is 136 Å². The van der Waals surface area contributed by atoms with Gasteiger partial charge >= 0.3 is 0 Å². The van der Waals surface area contributed by atoms with Gasteiger partial charge in [-0.15, -0.1) is 10.2 Å². The Bertz CT molecular complexity index is 947. The van der Waals surface area contributed by atoms with Crippen LogP contribution < -0.4 is 4.74 Å². The van der Waals surface area contributed by atoms with Crippen molar-refractivity contribution in [1.29, 1.82) is 0 Å². The van der Waals surface area contributed by atoms with Crippen LogP contribution in [-0.2, 0) is 0 Å². The van der Waals surface area contributed by atoms with Gasteiger partial charge in [0.15, 0.2) is 10.8 Å². The molecule has 114 valence electrons. The second-order valence-corrected chi connectivity index (χ2v) is 5.76. The molecule has 0 atom stereocenters. The molecule has 4 aromatic rings. The zero-order chi connectivity index (χ0) is 15.6. The lowest BCUT2D eigenvalue weighted by atomic mass is 10.2. The molecule has 0 radical (unpaired) electrons. The summed E-state index contributed by atoms with van der Waals surface area (Å²) in [5.74, 6) is 1.50. The monoisotopic (exact) mass is 323 g/mol. The zero-order valence-electron chi connectivity index (χ0n) is 12.4. The first-order chi connectivity index (χ1) is 11.3. The van der Waals surface area contributed by atoms with E-state index in [1.807, 2.05) is 49.4 Å². The quantitative estimate of drug-likeness (QED) is 0.576. The van der Waals surface area contributed by atoms with Crippen LogP contribution in [0.1, 0.15) is 6.92 Å². The highest BCUT2D eigenvalue weighted by Gasteiger charge is 2.15. The van der Waals surface area contributed by atoms with Crippen LogP contribution in [0.15, 0.2) is 48.7 Å². The van der Waals surface area contributed by atoms with Crippen molar-refractivity contribution in [1.82, 2.24) is 24.8 Å². The van der Waals surface area contributed by atoms with Crippen LogP contribution in [0.4, 0.5) is 0 Å². The molecule has 0 fully saturated rings. The minimum absolute atomic E-state index is 0.624. The third-order valence-corrected chi connectivity index (χ3v) is 4.20. The predicted molar refractivity (Wildman–Crippen MR) is 88.5 cm³/mol. The molecule has 0 saturated heterocycles. The van der Waals surface area contributed by atoms with E-state index in [4.69, 9.17) is 4.74 Å². The summed E-state index contributed by atoms with van der Waals surface area (Å²) in [6, 6.07) is 13.5. The Morgan fingerprint density at radius 3 is 2.91 bits per heavy atom. The summed E-state index contributed by atoms with van der Waals surface area (Å²) >= 11 is 1.46. The molecule has 6 nitrogen and oxygen atoms in total. The second-order valence-electron chi connectivity index (χ2n) is 4.80. The van der Waals surface area contributed by atoms with Gasteiger partial charge in [0.05, 0.1) is 6.61 Å². The van der Waals surface area contributed by atoms with Crippen molar-refractivity contribution >= 4 is 16.3 Å². The van der Waals surface area contributed by atoms with E-state index in [0.717, 1.165) is 27.0 Å². The van der Waals surface area contributed by atoms with Gasteiger partial charge in [-0.05, 0) is 31.2 Å². The van der Waals surface area contributed by atoms with E-state index < -0.39 is 0 Å². The first-order valence-electron chi connectivity index (χ1n) is 7.22. The molecule has 0 bridgehead atoms. The Balaban J connectivity index is 1.79. The second kappa shape index (κ2) is 5.77. The molecule has 0 saturated carbocycles. The molecular formula is C16H13N5OS. The SMILES string of the molecule is CCOc1cccc(-c2nnc3sc(-c4ccccn4)nn23)c1. The smallest absolute Gasteiger partial charge is 0.235 e. The van der Waals surface area contributed by atoms with E-state index in [2.05, 4.69) is 20.3 Å². The van der Waals surface area contributed by atoms with Crippen LogP contribution in [0.25, 0.3) is 27.1 Å². The number of fused-ring (bicyclic) bond motifs is 1. The average Bonchev–Trinajstić information content (AvgIpc) is 3.16. The van der Waals surface area contributed by atoms with Crippen molar-refractivity contribution < 1.29 is 4.74 Å². The first-order valence-corrected chi connectivity index (χ1v) is 8.03. The highest BCUT2D eigenvalue weighted by Crippen LogP contribution is 2.28. The lowest BCUT2D eigenvalue weighted by Crippen LogP contribution is -1.94. The van der Waals surface area contributed by atoms with Crippen molar-refractivity contribution in [3.8, 4) is 27.8 Å². The first kappa shape index (κ1) is 13.8. The van der Waals surface area contributed by atoms with Crippen LogP contribution in [0.5, 0.6) is 5.75 Å². The van der Waals surface area contributed by atoms with Gasteiger partial charge in [0.25, 0.3) is 0 Å². The van der Waals surface area contributed by atoms with Crippen LogP contribution in [0, 0.1) is 0 Å². The maximum Gasteiger partial charge on any atom is 0.235 e. The van der Waals surface area contributed by atoms with E-state index in [-0.39, 0.29) is 0 Å². The molecule has 4 rings (SSSR count). The maximum absolute atomic E-state index is 5.55. The highest BCUT2D eigenvalue weighted by molar-refractivity contribution is 7.19. The fourth-order valence-electron chi connectivity index (χ4n) is 2.28. The largest absolute Gasteiger partial charge is 0.494 e. The van der Waals surface area contributed by atoms with Gasteiger partial charge in [-0.2, -0.15) is 9.61 Å². The zero-order valence-corrected chi connectivity index (χ0v) is 13.2. The number of pyridine rings is 1. The molecule has 0 amide bonds. The number of benzene rings is 1. The lowest BCUT2D eigenvalue weighted by Gasteiger charge is -2.04. The van der Waals surface area contributed by atoms with Crippen molar-refractivity contribution in [2.45, 2.75) is 6.92 Å². The Morgan fingerprint density at radius 2 is 2.09 bits per heavy atom. The number of ether oxygens (including phenoxy) is 1. The third-order valence-electron chi connectivity index (χ3n) is 3.28. The van der Waals surface area contributed by atoms with Crippen LogP contribution in [0.3, 0.4) is 0 Å². The van der Waals surface area contributed by atoms with Gasteiger partial charge in [0.1, 0.15) is 11.4 Å². The highest BCUT2D eigenvalue weighted by atomic mass is 32.1. The van der Waals surface area contributed by atoms with Gasteiger partial charge in [-0.3, -0.25) is 4.98 Å². The number of hydrogen-bond donors (Lipinski definition) is 0. The van der Waals surface area contributed by atoms with Gasteiger partial charge in [0, 0.05) is 11.8 Å². The predicted octanol–water partition coefficient (Wildman–Crippen LogP) is 3.31. The summed E-state index contributed by atoms with van der Waals surface area (Å²) in [5, 5.41) is 13.9. The van der Waals surface area contributed by atoms with Gasteiger partial charge < -0.3 is 4.74 Å². The summed E-state index contributed by atoms with van der Waals surface area (Å²) < 4.78 is 7.30. The molecule has 0 unspecified atom stereocenters. The standard InChI is InChI=1S/C16H13N5OS/c1-2-22-12-7-5-6-11(10-12)14-18-19-16-21(14)20-15(23-16)13-8-3-4-9-17-13/h3-10H,2H2,1H3. The summed E-state index contributed by atoms with van der Waals surface area (Å²) in [6.45, 7) is 2.58. The van der Waals surface area contributed by atoms with Gasteiger partial charge in [-0.1, -0.05) is 29.5 Å². The van der Waals surface area contributed by atoms with Crippen molar-refractivity contribution in [3.05, 3.63) is 48.7 Å². The molecule has 0 aliphatic heterocycles. The number of rotatable bonds is 4. The summed E-state index contributed by atoms with van der Waals surface area (Å²) in [4.78, 5) is 5.07. The fraction of sp³-hybridized carbons (Fsp3) is 0.125. The Morgan fingerprint density at radius 1 is 1.13 bits per heavy atom. The summed E-state index contributed by atoms with van der Waals surface area (Å²) in [7, 11) is 0. The molecule has 3 heterocycles. The Hall–Kier alpha value is -2.80. The molecular weight excluding hydrogens is 310 g/mol. The average molecular weight is 323 g/mol. The molecule has 0 aliphatic rings. The third kappa shape index (κ3) is 2.55. The fourth-order valence-corrected chi connectivity index (χ4v) is 3.10. The van der Waals surface area contributed by atoms with E-state index in [1.54, 1.807) is 10.7 Å². The summed E-state index contributed by atoms with van der Waals surface area (Å²) in [5.41, 5.74) is 1.75. The van der Waals surface area contributed by atoms with Gasteiger partial charge in [0.2, 0.25) is 4.96 Å². The normalized spacial score (nSPS) is 11.0. The molecule has 23 heavy (non-hydrogen) atoms. The number of hydrogen-bond acceptors (Lipinski definition) is 6. The van der Waals surface area contributed by atoms with Crippen LogP contribution in [-0.4, -0.2) is 31.4 Å². The van der Waals surface area contributed by atoms with Gasteiger partial charge in [-0.25, -0.2) is 0 Å². The Kier molecular flexibility index (Phi) is 3.47. The minimum Gasteiger partial charge on any atom is -0.494 e. The molecule has 3 aromatic heterocycles. The summed E-state index contributed by atoms with van der Waals surface area (Å²) in [6.07, 6.45) is 1.75. The number of nitrogens with zero attached hydrogens (tertiary/aromatic N) is 5. The minimum atomic E-state index is 0.624. The molecule has 0 spiro atoms. The number of aromatic nitrogens is 5. The van der Waals surface area contributed by atoms with E-state index in [9.17, 15) is 0 Å². The lowest BCUT2D eigenvalue weighted by molar-refractivity contribution is 0.340. The topological polar surface area (TPSA) is 65.2 Å². The van der Waals surface area contributed by atoms with Crippen LogP contribution in [0.2, 0.25) is 0 Å². The molecule has 7 heteroatoms. The molecule has 0 N–H and O–H groups in total. The molecule has 1 aromatic carbocycles. The maximum atomic E-state index is 5.55. The van der Waals surface area contributed by atoms with E-state index >= 15 is 0 Å². The van der Waals surface area contributed by atoms with Crippen molar-refractivity contribution in [3.63, 3.8) is 0 Å². The van der Waals surface area contributed by atoms with Crippen molar-refractivity contribution in [2.75, 3.05) is 6.61 Å². The van der Waals surface area contributed by atoms with Crippen molar-refractivity contribution in [2.24, 2.45) is 0 Å². The molecule has 0 aliphatic carbocycles. The van der Waals surface area contributed by atoms with E-state index in [0.29, 0.717) is 12.4 Å².